The number of nitrogens with one attached hydrogen (secondary N) is 3. The molecule has 3 aliphatic rings. The number of H-pyrrole nitrogens is 1. The molecule has 2 amide bonds. The number of hydrogen-bond acceptors (Lipinski definition) is 10. The smallest absolute Gasteiger partial charge is 0.408 e. The van der Waals surface area contributed by atoms with Crippen LogP contribution >= 0.6 is 0 Å². The van der Waals surface area contributed by atoms with Crippen LogP contribution in [-0.2, 0) is 32.1 Å². The molecular weight excluding hydrogens is 694 g/mol. The summed E-state index contributed by atoms with van der Waals surface area (Å²) in [7, 11) is 2.89. The molecule has 1 fully saturated rings. The number of aromatic amines is 1. The molecule has 0 saturated carbocycles. The van der Waals surface area contributed by atoms with Crippen LogP contribution in [0.1, 0.15) is 39.7 Å². The number of ether oxygens (including phenoxy) is 6. The van der Waals surface area contributed by atoms with Crippen molar-refractivity contribution in [2.75, 3.05) is 34.2 Å². The Morgan fingerprint density at radius 2 is 1.63 bits per heavy atom. The van der Waals surface area contributed by atoms with Gasteiger partial charge in [-0.1, -0.05) is 48.5 Å². The van der Waals surface area contributed by atoms with E-state index in [0.29, 0.717) is 17.1 Å². The van der Waals surface area contributed by atoms with Crippen molar-refractivity contribution in [1.82, 2.24) is 15.6 Å². The van der Waals surface area contributed by atoms with Gasteiger partial charge in [-0.2, -0.15) is 0 Å². The monoisotopic (exact) mass is 733 g/mol. The summed E-state index contributed by atoms with van der Waals surface area (Å²) in [6.07, 6.45) is 1.30. The molecule has 0 spiro atoms. The highest BCUT2D eigenvalue weighted by Crippen LogP contribution is 2.56. The summed E-state index contributed by atoms with van der Waals surface area (Å²) in [6.45, 7) is 0.342. The van der Waals surface area contributed by atoms with Gasteiger partial charge in [0.15, 0.2) is 23.0 Å². The van der Waals surface area contributed by atoms with Gasteiger partial charge in [0.25, 0.3) is 0 Å². The molecular formula is C41H39N3O10. The Morgan fingerprint density at radius 1 is 0.926 bits per heavy atom. The van der Waals surface area contributed by atoms with Crippen molar-refractivity contribution in [2.45, 2.75) is 30.9 Å². The van der Waals surface area contributed by atoms with Gasteiger partial charge in [-0.3, -0.25) is 9.59 Å². The number of hydrogen-bond donors (Lipinski definition) is 4. The fourth-order valence-corrected chi connectivity index (χ4v) is 8.00. The van der Waals surface area contributed by atoms with Crippen molar-refractivity contribution in [3.05, 3.63) is 113 Å². The lowest BCUT2D eigenvalue weighted by Crippen LogP contribution is -2.50. The number of phenolic OH excluding ortho intramolecular Hbond substituents is 1. The molecule has 0 radical (unpaired) electrons. The number of phenols is 1. The summed E-state index contributed by atoms with van der Waals surface area (Å²) in [6, 6.07) is 23.2. The van der Waals surface area contributed by atoms with Crippen LogP contribution in [0.3, 0.4) is 0 Å². The third-order valence-corrected chi connectivity index (χ3v) is 10.6. The Bertz CT molecular complexity index is 2190. The van der Waals surface area contributed by atoms with Crippen LogP contribution in [-0.4, -0.2) is 68.3 Å². The molecule has 3 heterocycles. The van der Waals surface area contributed by atoms with Crippen LogP contribution in [0.2, 0.25) is 0 Å². The van der Waals surface area contributed by atoms with Gasteiger partial charge in [0.2, 0.25) is 18.4 Å². The van der Waals surface area contributed by atoms with E-state index in [0.717, 1.165) is 33.2 Å². The second-order valence-corrected chi connectivity index (χ2v) is 13.6. The minimum Gasteiger partial charge on any atom is -0.502 e. The average molecular weight is 734 g/mol. The van der Waals surface area contributed by atoms with E-state index in [1.54, 1.807) is 12.1 Å². The first-order chi connectivity index (χ1) is 26.3. The summed E-state index contributed by atoms with van der Waals surface area (Å²) in [4.78, 5) is 44.2. The van der Waals surface area contributed by atoms with Crippen LogP contribution in [0.4, 0.5) is 4.79 Å². The lowest BCUT2D eigenvalue weighted by Gasteiger charge is -2.39. The van der Waals surface area contributed by atoms with Crippen molar-refractivity contribution in [3.8, 4) is 28.7 Å². The number of cyclic esters (lactones) is 1. The van der Waals surface area contributed by atoms with Gasteiger partial charge in [0.1, 0.15) is 12.6 Å². The molecule has 278 valence electrons. The molecule has 5 atom stereocenters. The topological polar surface area (TPSA) is 167 Å². The zero-order valence-corrected chi connectivity index (χ0v) is 29.6. The number of benzene rings is 4. The van der Waals surface area contributed by atoms with Crippen molar-refractivity contribution >= 4 is 28.9 Å². The van der Waals surface area contributed by atoms with Gasteiger partial charge in [-0.25, -0.2) is 4.79 Å². The average Bonchev–Trinajstić information content (AvgIpc) is 3.94. The Morgan fingerprint density at radius 3 is 2.37 bits per heavy atom. The van der Waals surface area contributed by atoms with Crippen LogP contribution in [0.25, 0.3) is 10.9 Å². The predicted octanol–water partition coefficient (Wildman–Crippen LogP) is 5.29. The van der Waals surface area contributed by atoms with E-state index in [4.69, 9.17) is 28.4 Å². The van der Waals surface area contributed by atoms with Crippen molar-refractivity contribution in [3.63, 3.8) is 0 Å². The number of para-hydroxylation sites is 1. The van der Waals surface area contributed by atoms with Crippen molar-refractivity contribution < 1.29 is 47.9 Å². The number of alkyl carbamates (subject to hydrolysis) is 1. The van der Waals surface area contributed by atoms with Gasteiger partial charge in [-0.15, -0.1) is 0 Å². The number of aromatic nitrogens is 1. The number of methoxy groups -OCH3 is 2. The highest BCUT2D eigenvalue weighted by Gasteiger charge is 2.52. The fraction of sp³-hybridized carbons (Fsp3) is 0.293. The van der Waals surface area contributed by atoms with Gasteiger partial charge >= 0.3 is 12.1 Å². The van der Waals surface area contributed by atoms with Crippen LogP contribution in [0.5, 0.6) is 28.7 Å². The van der Waals surface area contributed by atoms with E-state index in [9.17, 15) is 19.5 Å². The summed E-state index contributed by atoms with van der Waals surface area (Å²) in [5.74, 6) is -1.40. The summed E-state index contributed by atoms with van der Waals surface area (Å²) >= 11 is 0. The van der Waals surface area contributed by atoms with E-state index in [1.807, 2.05) is 72.9 Å². The van der Waals surface area contributed by atoms with Crippen molar-refractivity contribution in [1.29, 1.82) is 0 Å². The largest absolute Gasteiger partial charge is 0.502 e. The zero-order valence-electron chi connectivity index (χ0n) is 29.6. The SMILES string of the molecule is COc1cc([C@@H]2c3cc4c(cc3[C@@H](CNC(=O)[C@H](Cc3c[nH]c5ccccc35)NC(=O)OCc3ccccc3)[C@H]3COC(=O)[C@H]23)OCO4)cc(OC)c1O. The molecule has 13 heteroatoms. The maximum absolute atomic E-state index is 14.2. The molecule has 5 aromatic rings. The lowest BCUT2D eigenvalue weighted by atomic mass is 9.62. The third kappa shape index (κ3) is 6.46. The van der Waals surface area contributed by atoms with E-state index in [1.165, 1.54) is 14.2 Å². The standard InChI is InChI=1S/C41H39N3O10/c1-49-34-13-23(14-35(50-2)38(34)45)36-27-16-33-32(53-21-54-33)15-26(27)28(29-20-51-40(47)37(29)36)18-43-39(46)31(12-24-17-42-30-11-7-6-10-25(24)30)44-41(48)52-19-22-8-4-3-5-9-22/h3-11,13-17,28-29,31,36-37,42,45H,12,18-21H2,1-2H3,(H,43,46)(H,44,48)/t28-,29-,31+,36-,37+/m1/s1. The molecule has 54 heavy (non-hydrogen) atoms. The van der Waals surface area contributed by atoms with E-state index >= 15 is 0 Å². The van der Waals surface area contributed by atoms with Gasteiger partial charge in [0.05, 0.1) is 26.7 Å². The fourth-order valence-electron chi connectivity index (χ4n) is 8.00. The van der Waals surface area contributed by atoms with E-state index in [2.05, 4.69) is 15.6 Å². The molecule has 13 nitrogen and oxygen atoms in total. The number of esters is 1. The maximum Gasteiger partial charge on any atom is 0.408 e. The van der Waals surface area contributed by atoms with Crippen LogP contribution < -0.4 is 29.6 Å². The second kappa shape index (κ2) is 14.6. The zero-order chi connectivity index (χ0) is 37.3. The number of carbonyl (C=O) groups is 3. The Balaban J connectivity index is 1.10. The van der Waals surface area contributed by atoms with Crippen LogP contribution in [0.15, 0.2) is 85.1 Å². The first-order valence-electron chi connectivity index (χ1n) is 17.7. The molecule has 2 aliphatic heterocycles. The number of rotatable bonds is 11. The predicted molar refractivity (Wildman–Crippen MR) is 195 cm³/mol. The Labute approximate surface area is 310 Å². The first-order valence-corrected chi connectivity index (χ1v) is 17.7. The number of carbonyl (C=O) groups excluding carboxylic acids is 3. The highest BCUT2D eigenvalue weighted by molar-refractivity contribution is 5.88. The van der Waals surface area contributed by atoms with Crippen molar-refractivity contribution in [2.24, 2.45) is 11.8 Å². The number of amides is 2. The summed E-state index contributed by atoms with van der Waals surface area (Å²) < 4.78 is 33.7. The molecule has 1 aliphatic carbocycles. The van der Waals surface area contributed by atoms with E-state index < -0.39 is 29.9 Å². The van der Waals surface area contributed by atoms with Crippen LogP contribution in [0, 0.1) is 11.8 Å². The molecule has 8 rings (SSSR count). The maximum atomic E-state index is 14.2. The molecule has 0 bridgehead atoms. The minimum absolute atomic E-state index is 0.0418. The van der Waals surface area contributed by atoms with E-state index in [-0.39, 0.29) is 68.0 Å². The second-order valence-electron chi connectivity index (χ2n) is 13.6. The Kier molecular flexibility index (Phi) is 9.36. The molecule has 1 saturated heterocycles. The summed E-state index contributed by atoms with van der Waals surface area (Å²) in [5, 5.41) is 17.5. The normalized spacial score (nSPS) is 20.0. The first kappa shape index (κ1) is 34.7. The highest BCUT2D eigenvalue weighted by atomic mass is 16.7. The minimum atomic E-state index is -0.991. The Hall–Kier alpha value is -6.37. The molecule has 4 aromatic carbocycles. The molecule has 4 N–H and O–H groups in total. The quantitative estimate of drug-likeness (QED) is 0.131. The van der Waals surface area contributed by atoms with Gasteiger partial charge < -0.3 is 49.1 Å². The van der Waals surface area contributed by atoms with Gasteiger partial charge in [-0.05, 0) is 58.1 Å². The molecule has 0 unspecified atom stereocenters. The van der Waals surface area contributed by atoms with Gasteiger partial charge in [0, 0.05) is 47.8 Å². The summed E-state index contributed by atoms with van der Waals surface area (Å²) in [5.41, 5.74) is 4.88. The third-order valence-electron chi connectivity index (χ3n) is 10.6. The number of fused-ring (bicyclic) bond motifs is 4. The molecule has 1 aromatic heterocycles. The number of aromatic hydroxyl groups is 1. The lowest BCUT2D eigenvalue weighted by molar-refractivity contribution is -0.141.